The largest absolute Gasteiger partial charge is 0.491 e. The number of fused-ring (bicyclic) bond motifs is 1. The predicted octanol–water partition coefficient (Wildman–Crippen LogP) is 7.89. The number of aryl methyl sites for hydroxylation is 2. The van der Waals surface area contributed by atoms with Crippen LogP contribution in [0.3, 0.4) is 0 Å². The van der Waals surface area contributed by atoms with Gasteiger partial charge < -0.3 is 24.3 Å². The summed E-state index contributed by atoms with van der Waals surface area (Å²) in [6.07, 6.45) is 10.8. The fraction of sp³-hybridized carbons (Fsp3) is 0.385. The topological polar surface area (TPSA) is 85.7 Å². The Hall–Kier alpha value is -4.21. The quantitative estimate of drug-likeness (QED) is 0.0966. The number of anilines is 2. The maximum absolute atomic E-state index is 13.4. The summed E-state index contributed by atoms with van der Waals surface area (Å²) in [5, 5.41) is 3.02. The molecule has 0 spiro atoms. The molecule has 1 aromatic heterocycles. The maximum Gasteiger partial charge on any atom is 0.251 e. The van der Waals surface area contributed by atoms with Crippen LogP contribution in [0, 0.1) is 0 Å². The Morgan fingerprint density at radius 3 is 2.54 bits per heavy atom. The van der Waals surface area contributed by atoms with E-state index in [2.05, 4.69) is 60.4 Å². The van der Waals surface area contributed by atoms with Crippen molar-refractivity contribution in [1.82, 2.24) is 9.55 Å². The molecule has 8 nitrogen and oxygen atoms in total. The van der Waals surface area contributed by atoms with E-state index in [0.717, 1.165) is 79.9 Å². The molecule has 0 saturated carbocycles. The van der Waals surface area contributed by atoms with Crippen molar-refractivity contribution in [2.45, 2.75) is 70.1 Å². The average Bonchev–Trinajstić information content (AvgIpc) is 3.53. The number of nitrogens with one attached hydrogen (secondary N) is 1. The molecule has 0 bridgehead atoms. The minimum absolute atomic E-state index is 0.176. The fourth-order valence-corrected chi connectivity index (χ4v) is 7.04. The zero-order valence-electron chi connectivity index (χ0n) is 28.7. The van der Waals surface area contributed by atoms with Crippen LogP contribution in [0.5, 0.6) is 5.75 Å². The lowest BCUT2D eigenvalue weighted by Crippen LogP contribution is -2.25. The van der Waals surface area contributed by atoms with Gasteiger partial charge in [0, 0.05) is 54.8 Å². The lowest BCUT2D eigenvalue weighted by Gasteiger charge is -2.30. The van der Waals surface area contributed by atoms with E-state index in [1.807, 2.05) is 54.0 Å². The molecule has 4 aromatic rings. The number of carbonyl (C=O) groups excluding carboxylic acids is 1. The number of imidazole rings is 1. The van der Waals surface area contributed by atoms with Gasteiger partial charge >= 0.3 is 0 Å². The Balaban J connectivity index is 1.27. The van der Waals surface area contributed by atoms with Crippen molar-refractivity contribution in [3.05, 3.63) is 95.6 Å². The molecule has 0 saturated heterocycles. The van der Waals surface area contributed by atoms with Crippen molar-refractivity contribution >= 4 is 34.2 Å². The molecule has 1 aliphatic heterocycles. The molecule has 254 valence electrons. The summed E-state index contributed by atoms with van der Waals surface area (Å²) >= 11 is 0. The van der Waals surface area contributed by atoms with Gasteiger partial charge in [-0.3, -0.25) is 9.00 Å². The van der Waals surface area contributed by atoms with E-state index in [-0.39, 0.29) is 5.91 Å². The molecule has 0 fully saturated rings. The minimum atomic E-state index is -1.21. The van der Waals surface area contributed by atoms with Gasteiger partial charge in [0.05, 0.1) is 35.2 Å². The second-order valence-electron chi connectivity index (χ2n) is 12.3. The van der Waals surface area contributed by atoms with E-state index in [1.54, 1.807) is 12.5 Å². The molecule has 1 aliphatic rings. The Morgan fingerprint density at radius 2 is 1.79 bits per heavy atom. The van der Waals surface area contributed by atoms with Crippen LogP contribution >= 0.6 is 0 Å². The summed E-state index contributed by atoms with van der Waals surface area (Å²) in [4.78, 5) is 20.6. The summed E-state index contributed by atoms with van der Waals surface area (Å²) in [5.74, 6) is 1.05. The highest BCUT2D eigenvalue weighted by molar-refractivity contribution is 7.84. The van der Waals surface area contributed by atoms with Gasteiger partial charge in [-0.1, -0.05) is 32.4 Å². The van der Waals surface area contributed by atoms with Crippen LogP contribution in [0.1, 0.15) is 63.3 Å². The summed E-state index contributed by atoms with van der Waals surface area (Å²) < 4.78 is 26.6. The van der Waals surface area contributed by atoms with Gasteiger partial charge in [0.15, 0.2) is 0 Å². The summed E-state index contributed by atoms with van der Waals surface area (Å²) in [5.41, 5.74) is 7.91. The molecular formula is C39H48N4O4S. The summed E-state index contributed by atoms with van der Waals surface area (Å²) in [6, 6.07) is 19.9. The summed E-state index contributed by atoms with van der Waals surface area (Å²) in [6.45, 7) is 9.82. The Morgan fingerprint density at radius 1 is 1.00 bits per heavy atom. The Bertz CT molecular complexity index is 1710. The van der Waals surface area contributed by atoms with Crippen molar-refractivity contribution in [3.8, 4) is 16.9 Å². The molecule has 5 rings (SSSR count). The Labute approximate surface area is 287 Å². The van der Waals surface area contributed by atoms with Crippen molar-refractivity contribution in [2.75, 3.05) is 43.6 Å². The molecule has 1 unspecified atom stereocenters. The van der Waals surface area contributed by atoms with Gasteiger partial charge in [-0.15, -0.1) is 0 Å². The average molecular weight is 669 g/mol. The second-order valence-corrected chi connectivity index (χ2v) is 13.8. The van der Waals surface area contributed by atoms with Gasteiger partial charge in [-0.25, -0.2) is 4.98 Å². The summed E-state index contributed by atoms with van der Waals surface area (Å²) in [7, 11) is 0.904. The van der Waals surface area contributed by atoms with Crippen LogP contribution in [0.25, 0.3) is 17.2 Å². The van der Waals surface area contributed by atoms with Crippen molar-refractivity contribution in [2.24, 2.45) is 0 Å². The maximum atomic E-state index is 13.4. The van der Waals surface area contributed by atoms with Gasteiger partial charge in [-0.05, 0) is 109 Å². The molecule has 0 radical (unpaired) electrons. The molecule has 3 aromatic carbocycles. The molecule has 2 heterocycles. The number of hydrogen-bond acceptors (Lipinski definition) is 6. The van der Waals surface area contributed by atoms with E-state index in [0.29, 0.717) is 35.1 Å². The zero-order valence-corrected chi connectivity index (χ0v) is 29.5. The number of aromatic nitrogens is 2. The van der Waals surface area contributed by atoms with Crippen LogP contribution in [0.2, 0.25) is 0 Å². The number of hydrogen-bond donors (Lipinski definition) is 1. The predicted molar refractivity (Wildman–Crippen MR) is 196 cm³/mol. The molecule has 0 aliphatic carbocycles. The van der Waals surface area contributed by atoms with E-state index in [4.69, 9.17) is 9.47 Å². The SMILES string of the molecule is CCCCOCCOc1ccc(-c2cc(/C=C(\C)C(=O)Nc3ccc(S(=O)Cc4cncn4CCC)cc3)c3c(c2)CCCN3C)cc1. The number of nitrogens with zero attached hydrogens (tertiary/aromatic N) is 3. The lowest BCUT2D eigenvalue weighted by molar-refractivity contribution is -0.112. The molecule has 1 atom stereocenters. The minimum Gasteiger partial charge on any atom is -0.491 e. The highest BCUT2D eigenvalue weighted by atomic mass is 32.2. The normalized spacial score (nSPS) is 13.7. The highest BCUT2D eigenvalue weighted by Gasteiger charge is 2.20. The van der Waals surface area contributed by atoms with Crippen LogP contribution in [0.4, 0.5) is 11.4 Å². The van der Waals surface area contributed by atoms with Crippen LogP contribution < -0.4 is 15.0 Å². The van der Waals surface area contributed by atoms with Gasteiger partial charge in [0.2, 0.25) is 0 Å². The monoisotopic (exact) mass is 668 g/mol. The Kier molecular flexibility index (Phi) is 12.6. The number of carbonyl (C=O) groups is 1. The van der Waals surface area contributed by atoms with Crippen LogP contribution in [0.15, 0.2) is 83.7 Å². The van der Waals surface area contributed by atoms with E-state index in [1.165, 1.54) is 11.3 Å². The number of unbranched alkanes of at least 4 members (excludes halogenated alkanes) is 1. The van der Waals surface area contributed by atoms with Crippen LogP contribution in [-0.2, 0) is 39.0 Å². The van der Waals surface area contributed by atoms with Crippen molar-refractivity contribution in [3.63, 3.8) is 0 Å². The third-order valence-electron chi connectivity index (χ3n) is 8.51. The number of amides is 1. The molecule has 1 N–H and O–H groups in total. The van der Waals surface area contributed by atoms with E-state index < -0.39 is 10.8 Å². The molecular weight excluding hydrogens is 621 g/mol. The second kappa shape index (κ2) is 17.3. The first kappa shape index (κ1) is 35.1. The first-order valence-electron chi connectivity index (χ1n) is 17.0. The van der Waals surface area contributed by atoms with E-state index in [9.17, 15) is 9.00 Å². The number of ether oxygens (including phenoxy) is 2. The van der Waals surface area contributed by atoms with E-state index >= 15 is 0 Å². The zero-order chi connectivity index (χ0) is 33.9. The molecule has 1 amide bonds. The van der Waals surface area contributed by atoms with Gasteiger partial charge in [-0.2, -0.15) is 0 Å². The molecule has 48 heavy (non-hydrogen) atoms. The molecule has 9 heteroatoms. The third-order valence-corrected chi connectivity index (χ3v) is 9.87. The van der Waals surface area contributed by atoms with Crippen molar-refractivity contribution in [1.29, 1.82) is 0 Å². The lowest BCUT2D eigenvalue weighted by atomic mass is 9.92. The highest BCUT2D eigenvalue weighted by Crippen LogP contribution is 2.36. The van der Waals surface area contributed by atoms with Gasteiger partial charge in [0.25, 0.3) is 5.91 Å². The fourth-order valence-electron chi connectivity index (χ4n) is 5.93. The number of rotatable bonds is 16. The van der Waals surface area contributed by atoms with Crippen molar-refractivity contribution < 1.29 is 18.5 Å². The smallest absolute Gasteiger partial charge is 0.251 e. The standard InChI is InChI=1S/C39H48N4O4S/c1-5-7-20-46-21-22-47-36-14-10-30(11-15-36)32-24-31-9-8-19-42(4)38(31)33(25-32)23-29(3)39(44)41-34-12-16-37(17-13-34)48(45)27-35-26-40-28-43(35)18-6-2/h10-17,23-26,28H,5-9,18-22,27H2,1-4H3,(H,41,44)/b29-23+. The first-order chi connectivity index (χ1) is 23.4. The number of benzene rings is 3. The third kappa shape index (κ3) is 9.23. The van der Waals surface area contributed by atoms with Gasteiger partial charge in [0.1, 0.15) is 12.4 Å². The first-order valence-corrected chi connectivity index (χ1v) is 18.3. The van der Waals surface area contributed by atoms with Crippen LogP contribution in [-0.4, -0.2) is 53.1 Å².